The summed E-state index contributed by atoms with van der Waals surface area (Å²) in [4.78, 5) is 0. The number of aliphatic hydroxyl groups is 1. The fourth-order valence-corrected chi connectivity index (χ4v) is 3.25. The molecular formula is C19H31NO2. The van der Waals surface area contributed by atoms with E-state index in [4.69, 9.17) is 10.5 Å². The standard InChI is InChI=1S/C19H31NO2/c20-13-7-10-17-8-6-9-18(14-17)15-22-16-19(21)11-4-2-1-3-5-12-19/h6,8-9,14,21H,1-5,7,10-13,15-16,20H2. The quantitative estimate of drug-likeness (QED) is 0.809. The van der Waals surface area contributed by atoms with Crippen LogP contribution in [0.5, 0.6) is 0 Å². The van der Waals surface area contributed by atoms with E-state index in [0.29, 0.717) is 13.2 Å². The second-order valence-corrected chi connectivity index (χ2v) is 6.70. The van der Waals surface area contributed by atoms with Crippen LogP contribution in [0, 0.1) is 0 Å². The van der Waals surface area contributed by atoms with E-state index in [9.17, 15) is 5.11 Å². The molecule has 1 aromatic rings. The van der Waals surface area contributed by atoms with Gasteiger partial charge in [0.2, 0.25) is 0 Å². The molecule has 124 valence electrons. The molecule has 1 fully saturated rings. The Morgan fingerprint density at radius 2 is 1.73 bits per heavy atom. The molecule has 0 unspecified atom stereocenters. The smallest absolute Gasteiger partial charge is 0.0880 e. The summed E-state index contributed by atoms with van der Waals surface area (Å²) in [6, 6.07) is 8.50. The maximum Gasteiger partial charge on any atom is 0.0880 e. The van der Waals surface area contributed by atoms with Crippen LogP contribution >= 0.6 is 0 Å². The first-order valence-electron chi connectivity index (χ1n) is 8.80. The van der Waals surface area contributed by atoms with Crippen LogP contribution < -0.4 is 5.73 Å². The second-order valence-electron chi connectivity index (χ2n) is 6.70. The van der Waals surface area contributed by atoms with Crippen molar-refractivity contribution in [3.63, 3.8) is 0 Å². The van der Waals surface area contributed by atoms with Crippen molar-refractivity contribution in [3.05, 3.63) is 35.4 Å². The van der Waals surface area contributed by atoms with Crippen LogP contribution in [0.2, 0.25) is 0 Å². The maximum atomic E-state index is 10.7. The first-order chi connectivity index (χ1) is 10.7. The van der Waals surface area contributed by atoms with E-state index < -0.39 is 5.60 Å². The largest absolute Gasteiger partial charge is 0.387 e. The van der Waals surface area contributed by atoms with Gasteiger partial charge in [0, 0.05) is 0 Å². The van der Waals surface area contributed by atoms with Crippen LogP contribution in [0.25, 0.3) is 0 Å². The Kier molecular flexibility index (Phi) is 7.37. The molecule has 2 rings (SSSR count). The number of hydrogen-bond donors (Lipinski definition) is 2. The van der Waals surface area contributed by atoms with E-state index in [1.165, 1.54) is 30.4 Å². The molecule has 3 nitrogen and oxygen atoms in total. The van der Waals surface area contributed by atoms with Crippen LogP contribution in [0.3, 0.4) is 0 Å². The van der Waals surface area contributed by atoms with Crippen molar-refractivity contribution in [1.29, 1.82) is 0 Å². The summed E-state index contributed by atoms with van der Waals surface area (Å²) >= 11 is 0. The van der Waals surface area contributed by atoms with Crippen LogP contribution in [0.1, 0.15) is 62.5 Å². The monoisotopic (exact) mass is 305 g/mol. The molecule has 0 bridgehead atoms. The van der Waals surface area contributed by atoms with Gasteiger partial charge >= 0.3 is 0 Å². The Bertz CT molecular complexity index is 425. The molecule has 1 aromatic carbocycles. The highest BCUT2D eigenvalue weighted by molar-refractivity contribution is 5.23. The lowest BCUT2D eigenvalue weighted by atomic mass is 9.88. The van der Waals surface area contributed by atoms with Crippen molar-refractivity contribution in [2.75, 3.05) is 13.2 Å². The first-order valence-corrected chi connectivity index (χ1v) is 8.80. The van der Waals surface area contributed by atoms with Gasteiger partial charge in [-0.3, -0.25) is 0 Å². The van der Waals surface area contributed by atoms with Gasteiger partial charge < -0.3 is 15.6 Å². The predicted molar refractivity (Wildman–Crippen MR) is 90.7 cm³/mol. The maximum absolute atomic E-state index is 10.7. The lowest BCUT2D eigenvalue weighted by molar-refractivity contribution is -0.0665. The third-order valence-electron chi connectivity index (χ3n) is 4.58. The van der Waals surface area contributed by atoms with Gasteiger partial charge in [0.15, 0.2) is 0 Å². The number of hydrogen-bond acceptors (Lipinski definition) is 3. The lowest BCUT2D eigenvalue weighted by Gasteiger charge is -2.29. The Morgan fingerprint density at radius 1 is 1.05 bits per heavy atom. The average molecular weight is 305 g/mol. The van der Waals surface area contributed by atoms with Gasteiger partial charge in [0.05, 0.1) is 18.8 Å². The van der Waals surface area contributed by atoms with Crippen molar-refractivity contribution in [2.45, 2.75) is 70.0 Å². The van der Waals surface area contributed by atoms with Crippen molar-refractivity contribution < 1.29 is 9.84 Å². The summed E-state index contributed by atoms with van der Waals surface area (Å²) in [6.07, 6.45) is 9.83. The summed E-state index contributed by atoms with van der Waals surface area (Å²) in [5.41, 5.74) is 7.45. The fourth-order valence-electron chi connectivity index (χ4n) is 3.25. The Hall–Kier alpha value is -0.900. The van der Waals surface area contributed by atoms with E-state index in [0.717, 1.165) is 45.1 Å². The second kappa shape index (κ2) is 9.29. The minimum absolute atomic E-state index is 0.458. The minimum Gasteiger partial charge on any atom is -0.387 e. The predicted octanol–water partition coefficient (Wildman–Crippen LogP) is 3.57. The summed E-state index contributed by atoms with van der Waals surface area (Å²) in [5, 5.41) is 10.7. The summed E-state index contributed by atoms with van der Waals surface area (Å²) in [6.45, 7) is 1.77. The molecule has 3 N–H and O–H groups in total. The molecule has 0 spiro atoms. The van der Waals surface area contributed by atoms with Gasteiger partial charge in [0.1, 0.15) is 0 Å². The van der Waals surface area contributed by atoms with Gasteiger partial charge in [-0.1, -0.05) is 56.4 Å². The Balaban J connectivity index is 1.79. The third kappa shape index (κ3) is 6.07. The summed E-state index contributed by atoms with van der Waals surface area (Å²) in [5.74, 6) is 0. The van der Waals surface area contributed by atoms with Crippen molar-refractivity contribution in [1.82, 2.24) is 0 Å². The fraction of sp³-hybridized carbons (Fsp3) is 0.684. The molecule has 3 heteroatoms. The highest BCUT2D eigenvalue weighted by atomic mass is 16.5. The Morgan fingerprint density at radius 3 is 2.45 bits per heavy atom. The number of nitrogens with two attached hydrogens (primary N) is 1. The van der Waals surface area contributed by atoms with E-state index >= 15 is 0 Å². The lowest BCUT2D eigenvalue weighted by Crippen LogP contribution is -2.35. The number of ether oxygens (including phenoxy) is 1. The molecular weight excluding hydrogens is 274 g/mol. The topological polar surface area (TPSA) is 55.5 Å². The Labute approximate surface area is 134 Å². The number of rotatable bonds is 7. The van der Waals surface area contributed by atoms with Gasteiger partial charge in [-0.25, -0.2) is 0 Å². The van der Waals surface area contributed by atoms with Gasteiger partial charge in [0.25, 0.3) is 0 Å². The molecule has 0 atom stereocenters. The van der Waals surface area contributed by atoms with Gasteiger partial charge in [-0.15, -0.1) is 0 Å². The van der Waals surface area contributed by atoms with Crippen LogP contribution in [0.15, 0.2) is 24.3 Å². The van der Waals surface area contributed by atoms with Gasteiger partial charge in [-0.05, 0) is 43.4 Å². The molecule has 0 aromatic heterocycles. The molecule has 0 heterocycles. The van der Waals surface area contributed by atoms with E-state index in [-0.39, 0.29) is 0 Å². The van der Waals surface area contributed by atoms with Crippen LogP contribution in [0.4, 0.5) is 0 Å². The molecule has 0 aliphatic heterocycles. The zero-order valence-corrected chi connectivity index (χ0v) is 13.7. The molecule has 1 aliphatic carbocycles. The SMILES string of the molecule is NCCCc1cccc(COCC2(O)CCCCCCC2)c1. The number of benzene rings is 1. The van der Waals surface area contributed by atoms with E-state index in [1.807, 2.05) is 0 Å². The normalized spacial score (nSPS) is 18.6. The number of aryl methyl sites for hydroxylation is 1. The summed E-state index contributed by atoms with van der Waals surface area (Å²) in [7, 11) is 0. The highest BCUT2D eigenvalue weighted by Crippen LogP contribution is 2.26. The summed E-state index contributed by atoms with van der Waals surface area (Å²) < 4.78 is 5.84. The molecule has 22 heavy (non-hydrogen) atoms. The van der Waals surface area contributed by atoms with Crippen molar-refractivity contribution in [3.8, 4) is 0 Å². The average Bonchev–Trinajstić information content (AvgIpc) is 2.50. The first kappa shape index (κ1) is 17.5. The van der Waals surface area contributed by atoms with Crippen molar-refractivity contribution >= 4 is 0 Å². The zero-order chi connectivity index (χ0) is 15.7. The van der Waals surface area contributed by atoms with Crippen LogP contribution in [-0.4, -0.2) is 23.9 Å². The van der Waals surface area contributed by atoms with Gasteiger partial charge in [-0.2, -0.15) is 0 Å². The molecule has 0 amide bonds. The van der Waals surface area contributed by atoms with Crippen molar-refractivity contribution in [2.24, 2.45) is 5.73 Å². The highest BCUT2D eigenvalue weighted by Gasteiger charge is 2.27. The molecule has 1 saturated carbocycles. The zero-order valence-electron chi connectivity index (χ0n) is 13.7. The molecule has 1 aliphatic rings. The molecule has 0 saturated heterocycles. The van der Waals surface area contributed by atoms with E-state index in [1.54, 1.807) is 0 Å². The third-order valence-corrected chi connectivity index (χ3v) is 4.58. The molecule has 0 radical (unpaired) electrons. The van der Waals surface area contributed by atoms with Crippen LogP contribution in [-0.2, 0) is 17.8 Å². The minimum atomic E-state index is -0.614. The van der Waals surface area contributed by atoms with E-state index in [2.05, 4.69) is 24.3 Å².